The lowest BCUT2D eigenvalue weighted by atomic mass is 10.3. The Kier molecular flexibility index (Phi) is 3.52. The molecule has 0 aliphatic heterocycles. The number of hydrogen-bond donors (Lipinski definition) is 2. The van der Waals surface area contributed by atoms with E-state index in [-0.39, 0.29) is 0 Å². The molecule has 1 aromatic heterocycles. The maximum atomic E-state index is 11.9. The molecule has 1 heterocycles. The van der Waals surface area contributed by atoms with Crippen LogP contribution in [0, 0.1) is 6.92 Å². The van der Waals surface area contributed by atoms with Crippen molar-refractivity contribution in [3.63, 3.8) is 0 Å². The van der Waals surface area contributed by atoms with E-state index in [1.807, 2.05) is 0 Å². The molecule has 84 valence electrons. The maximum absolute atomic E-state index is 11.9. The van der Waals surface area contributed by atoms with Crippen molar-refractivity contribution in [2.24, 2.45) is 0 Å². The highest BCUT2D eigenvalue weighted by atomic mass is 19.4. The van der Waals surface area contributed by atoms with Crippen molar-refractivity contribution in [1.82, 2.24) is 4.98 Å². The van der Waals surface area contributed by atoms with Gasteiger partial charge in [0, 0.05) is 6.20 Å². The van der Waals surface area contributed by atoms with Crippen LogP contribution >= 0.6 is 0 Å². The average molecular weight is 220 g/mol. The summed E-state index contributed by atoms with van der Waals surface area (Å²) in [5.41, 5.74) is 0.883. The van der Waals surface area contributed by atoms with Gasteiger partial charge >= 0.3 is 6.18 Å². The fourth-order valence-corrected chi connectivity index (χ4v) is 0.950. The summed E-state index contributed by atoms with van der Waals surface area (Å²) in [5, 5.41) is 11.1. The van der Waals surface area contributed by atoms with Crippen LogP contribution in [-0.2, 0) is 0 Å². The van der Waals surface area contributed by atoms with Crippen LogP contribution in [0.1, 0.15) is 5.56 Å². The molecule has 2 N–H and O–H groups in total. The second kappa shape index (κ2) is 4.48. The predicted molar refractivity (Wildman–Crippen MR) is 49.5 cm³/mol. The molecular formula is C9H11F3N2O. The normalized spacial score (nSPS) is 13.7. The summed E-state index contributed by atoms with van der Waals surface area (Å²) >= 11 is 0. The van der Waals surface area contributed by atoms with Gasteiger partial charge in [0.05, 0.1) is 6.54 Å². The molecule has 0 radical (unpaired) electrons. The second-order valence-corrected chi connectivity index (χ2v) is 3.16. The van der Waals surface area contributed by atoms with Crippen molar-refractivity contribution in [2.75, 3.05) is 11.9 Å². The molecule has 0 aliphatic rings. The van der Waals surface area contributed by atoms with Crippen LogP contribution in [0.4, 0.5) is 19.0 Å². The molecule has 3 nitrogen and oxygen atoms in total. The van der Waals surface area contributed by atoms with E-state index in [1.165, 1.54) is 6.20 Å². The van der Waals surface area contributed by atoms with Crippen LogP contribution < -0.4 is 5.32 Å². The van der Waals surface area contributed by atoms with Crippen molar-refractivity contribution in [3.8, 4) is 0 Å². The highest BCUT2D eigenvalue weighted by molar-refractivity contribution is 5.36. The van der Waals surface area contributed by atoms with Gasteiger partial charge in [0.25, 0.3) is 0 Å². The van der Waals surface area contributed by atoms with Gasteiger partial charge in [0.2, 0.25) is 0 Å². The SMILES string of the molecule is Cc1ccnc(NCC(O)C(F)(F)F)c1. The van der Waals surface area contributed by atoms with Crippen LogP contribution in [0.25, 0.3) is 0 Å². The van der Waals surface area contributed by atoms with E-state index >= 15 is 0 Å². The Labute approximate surface area is 85.0 Å². The minimum Gasteiger partial charge on any atom is -0.382 e. The molecule has 1 rings (SSSR count). The smallest absolute Gasteiger partial charge is 0.382 e. The summed E-state index contributed by atoms with van der Waals surface area (Å²) < 4.78 is 35.8. The zero-order valence-corrected chi connectivity index (χ0v) is 8.04. The number of aromatic nitrogens is 1. The summed E-state index contributed by atoms with van der Waals surface area (Å²) in [6, 6.07) is 3.33. The molecule has 0 fully saturated rings. The number of nitrogens with zero attached hydrogens (tertiary/aromatic N) is 1. The minimum absolute atomic E-state index is 0.318. The van der Waals surface area contributed by atoms with E-state index in [2.05, 4.69) is 10.3 Å². The Morgan fingerprint density at radius 3 is 2.73 bits per heavy atom. The number of rotatable bonds is 3. The van der Waals surface area contributed by atoms with E-state index in [0.29, 0.717) is 5.82 Å². The lowest BCUT2D eigenvalue weighted by Gasteiger charge is -2.15. The Hall–Kier alpha value is -1.30. The Balaban J connectivity index is 2.51. The Morgan fingerprint density at radius 2 is 2.20 bits per heavy atom. The minimum atomic E-state index is -4.60. The number of anilines is 1. The average Bonchev–Trinajstić information content (AvgIpc) is 2.12. The topological polar surface area (TPSA) is 45.2 Å². The maximum Gasteiger partial charge on any atom is 0.416 e. The summed E-state index contributed by atoms with van der Waals surface area (Å²) in [6.45, 7) is 1.20. The molecule has 0 bridgehead atoms. The third-order valence-corrected chi connectivity index (χ3v) is 1.77. The number of aryl methyl sites for hydroxylation is 1. The molecule has 6 heteroatoms. The van der Waals surface area contributed by atoms with Crippen LogP contribution in [0.2, 0.25) is 0 Å². The molecule has 0 saturated carbocycles. The van der Waals surface area contributed by atoms with Gasteiger partial charge in [0.15, 0.2) is 6.10 Å². The molecule has 1 atom stereocenters. The van der Waals surface area contributed by atoms with Crippen molar-refractivity contribution in [2.45, 2.75) is 19.2 Å². The summed E-state index contributed by atoms with van der Waals surface area (Å²) in [5.74, 6) is 0.318. The lowest BCUT2D eigenvalue weighted by molar-refractivity contribution is -0.198. The first-order valence-electron chi connectivity index (χ1n) is 4.31. The first-order valence-corrected chi connectivity index (χ1v) is 4.31. The Morgan fingerprint density at radius 1 is 1.53 bits per heavy atom. The van der Waals surface area contributed by atoms with Crippen molar-refractivity contribution >= 4 is 5.82 Å². The molecule has 0 spiro atoms. The monoisotopic (exact) mass is 220 g/mol. The van der Waals surface area contributed by atoms with Crippen molar-refractivity contribution in [3.05, 3.63) is 23.9 Å². The van der Waals surface area contributed by atoms with Gasteiger partial charge in [0.1, 0.15) is 5.82 Å². The highest BCUT2D eigenvalue weighted by Gasteiger charge is 2.37. The third-order valence-electron chi connectivity index (χ3n) is 1.77. The fraction of sp³-hybridized carbons (Fsp3) is 0.444. The predicted octanol–water partition coefficient (Wildman–Crippen LogP) is 1.73. The number of alkyl halides is 3. The molecular weight excluding hydrogens is 209 g/mol. The number of aliphatic hydroxyl groups excluding tert-OH is 1. The van der Waals surface area contributed by atoms with Gasteiger partial charge in [-0.05, 0) is 24.6 Å². The standard InChI is InChI=1S/C9H11F3N2O/c1-6-2-3-13-8(4-6)14-5-7(15)9(10,11)12/h2-4,7,15H,5H2,1H3,(H,13,14). The number of halogens is 3. The second-order valence-electron chi connectivity index (χ2n) is 3.16. The number of hydrogen-bond acceptors (Lipinski definition) is 3. The zero-order valence-electron chi connectivity index (χ0n) is 8.04. The number of nitrogens with one attached hydrogen (secondary N) is 1. The van der Waals surface area contributed by atoms with Gasteiger partial charge in [-0.2, -0.15) is 13.2 Å². The van der Waals surface area contributed by atoms with E-state index in [9.17, 15) is 13.2 Å². The molecule has 0 saturated heterocycles. The first kappa shape index (κ1) is 11.8. The van der Waals surface area contributed by atoms with E-state index < -0.39 is 18.8 Å². The van der Waals surface area contributed by atoms with Crippen LogP contribution in [-0.4, -0.2) is 28.9 Å². The lowest BCUT2D eigenvalue weighted by Crippen LogP contribution is -2.35. The number of aliphatic hydroxyl groups is 1. The van der Waals surface area contributed by atoms with Gasteiger partial charge in [-0.15, -0.1) is 0 Å². The quantitative estimate of drug-likeness (QED) is 0.815. The molecule has 0 aromatic carbocycles. The van der Waals surface area contributed by atoms with E-state index in [4.69, 9.17) is 5.11 Å². The first-order chi connectivity index (χ1) is 6.89. The number of pyridine rings is 1. The van der Waals surface area contributed by atoms with Gasteiger partial charge in [-0.25, -0.2) is 4.98 Å². The third kappa shape index (κ3) is 3.75. The summed E-state index contributed by atoms with van der Waals surface area (Å²) in [6.07, 6.45) is -5.49. The largest absolute Gasteiger partial charge is 0.416 e. The highest BCUT2D eigenvalue weighted by Crippen LogP contribution is 2.20. The summed E-state index contributed by atoms with van der Waals surface area (Å²) in [4.78, 5) is 3.80. The van der Waals surface area contributed by atoms with Crippen molar-refractivity contribution < 1.29 is 18.3 Å². The molecule has 1 aromatic rings. The summed E-state index contributed by atoms with van der Waals surface area (Å²) in [7, 11) is 0. The van der Waals surface area contributed by atoms with Gasteiger partial charge in [-0.1, -0.05) is 0 Å². The Bertz CT molecular complexity index is 327. The molecule has 0 aliphatic carbocycles. The zero-order chi connectivity index (χ0) is 11.5. The van der Waals surface area contributed by atoms with E-state index in [1.54, 1.807) is 19.1 Å². The van der Waals surface area contributed by atoms with Crippen molar-refractivity contribution in [1.29, 1.82) is 0 Å². The molecule has 1 unspecified atom stereocenters. The molecule has 15 heavy (non-hydrogen) atoms. The van der Waals surface area contributed by atoms with Crippen LogP contribution in [0.3, 0.4) is 0 Å². The van der Waals surface area contributed by atoms with Crippen LogP contribution in [0.5, 0.6) is 0 Å². The fourth-order valence-electron chi connectivity index (χ4n) is 0.950. The van der Waals surface area contributed by atoms with E-state index in [0.717, 1.165) is 5.56 Å². The van der Waals surface area contributed by atoms with Gasteiger partial charge < -0.3 is 10.4 Å². The van der Waals surface area contributed by atoms with Gasteiger partial charge in [-0.3, -0.25) is 0 Å². The molecule has 0 amide bonds. The van der Waals surface area contributed by atoms with Crippen LogP contribution in [0.15, 0.2) is 18.3 Å².